The van der Waals surface area contributed by atoms with Gasteiger partial charge in [0.2, 0.25) is 5.04 Å². The van der Waals surface area contributed by atoms with Crippen LogP contribution in [0.1, 0.15) is 45.6 Å². The van der Waals surface area contributed by atoms with Crippen molar-refractivity contribution in [1.82, 2.24) is 0 Å². The third kappa shape index (κ3) is 5.51. The zero-order chi connectivity index (χ0) is 30.7. The van der Waals surface area contributed by atoms with Gasteiger partial charge in [-0.1, -0.05) is 60.3 Å². The zero-order valence-corrected chi connectivity index (χ0v) is 25.4. The number of fused-ring (bicyclic) bond motifs is 6. The van der Waals surface area contributed by atoms with E-state index in [1.54, 1.807) is 11.8 Å². The van der Waals surface area contributed by atoms with Crippen molar-refractivity contribution < 1.29 is 24.4 Å². The van der Waals surface area contributed by atoms with E-state index in [-0.39, 0.29) is 19.4 Å². The number of allylic oxidation sites excluding steroid dienone is 3. The molecule has 1 atom stereocenters. The van der Waals surface area contributed by atoms with Crippen LogP contribution in [0.25, 0.3) is 21.5 Å². The number of benzene rings is 3. The Bertz CT molecular complexity index is 1850. The molecule has 3 aromatic carbocycles. The zero-order valence-electron chi connectivity index (χ0n) is 24.6. The molecule has 1 unspecified atom stereocenters. The Labute approximate surface area is 255 Å². The fourth-order valence-corrected chi connectivity index (χ4v) is 7.54. The lowest BCUT2D eigenvalue weighted by Gasteiger charge is -2.29. The summed E-state index contributed by atoms with van der Waals surface area (Å²) < 4.78 is 2.04. The third-order valence-corrected chi connectivity index (χ3v) is 9.58. The number of nitriles is 1. The molecule has 43 heavy (non-hydrogen) atoms. The molecule has 7 nitrogen and oxygen atoms in total. The minimum atomic E-state index is -0.896. The Morgan fingerprint density at radius 1 is 1.05 bits per heavy atom. The first kappa shape index (κ1) is 29.9. The predicted octanol–water partition coefficient (Wildman–Crippen LogP) is 6.32. The molecule has 0 aliphatic carbocycles. The van der Waals surface area contributed by atoms with Gasteiger partial charge in [0, 0.05) is 35.0 Å². The van der Waals surface area contributed by atoms with Crippen LogP contribution in [-0.4, -0.2) is 57.2 Å². The second kappa shape index (κ2) is 12.4. The summed E-state index contributed by atoms with van der Waals surface area (Å²) in [5.74, 6) is 5.43. The number of hydrogen-bond acceptors (Lipinski definition) is 5. The molecule has 2 heterocycles. The van der Waals surface area contributed by atoms with Gasteiger partial charge in [0.15, 0.2) is 13.1 Å². The molecule has 2 N–H and O–H groups in total. The van der Waals surface area contributed by atoms with Gasteiger partial charge in [-0.2, -0.15) is 5.26 Å². The van der Waals surface area contributed by atoms with Crippen molar-refractivity contribution in [1.29, 1.82) is 5.26 Å². The topological polar surface area (TPSA) is 105 Å². The van der Waals surface area contributed by atoms with Gasteiger partial charge >= 0.3 is 11.9 Å². The van der Waals surface area contributed by atoms with Gasteiger partial charge < -0.3 is 15.1 Å². The minimum Gasteiger partial charge on any atom is -0.481 e. The van der Waals surface area contributed by atoms with Crippen molar-refractivity contribution in [3.63, 3.8) is 0 Å². The van der Waals surface area contributed by atoms with E-state index in [9.17, 15) is 25.1 Å². The van der Waals surface area contributed by atoms with Crippen molar-refractivity contribution in [3.8, 4) is 17.9 Å². The van der Waals surface area contributed by atoms with Crippen molar-refractivity contribution in [2.24, 2.45) is 0 Å². The van der Waals surface area contributed by atoms with Gasteiger partial charge in [-0.3, -0.25) is 9.59 Å². The Balaban J connectivity index is 1.82. The van der Waals surface area contributed by atoms with Gasteiger partial charge in [-0.05, 0) is 48.6 Å². The smallest absolute Gasteiger partial charge is 0.309 e. The van der Waals surface area contributed by atoms with Crippen LogP contribution in [0.5, 0.6) is 0 Å². The number of anilines is 1. The molecule has 2 aliphatic heterocycles. The quantitative estimate of drug-likeness (QED) is 0.130. The van der Waals surface area contributed by atoms with Crippen molar-refractivity contribution >= 4 is 56.0 Å². The predicted molar refractivity (Wildman–Crippen MR) is 173 cm³/mol. The summed E-state index contributed by atoms with van der Waals surface area (Å²) in [5, 5.41) is 34.7. The van der Waals surface area contributed by atoms with Crippen molar-refractivity contribution in [3.05, 3.63) is 77.0 Å². The van der Waals surface area contributed by atoms with E-state index in [4.69, 9.17) is 0 Å². The van der Waals surface area contributed by atoms with E-state index in [0.717, 1.165) is 61.4 Å². The normalized spacial score (nSPS) is 19.3. The second-order valence-electron chi connectivity index (χ2n) is 11.0. The summed E-state index contributed by atoms with van der Waals surface area (Å²) in [6, 6.07) is 18.9. The summed E-state index contributed by atoms with van der Waals surface area (Å²) in [5.41, 5.74) is 3.50. The standard InChI is InChI=1S/C35H33N3O4S/c1-4-5-16-35(3)29(21-24(22-36)23(2)34-37(19-20-43-34)17-14-30(39)40)38(18-15-31(41)42)33-28-13-9-7-11-26(28)25-10-6-8-12-27(25)32(33)35/h6-13,21H,14-20H2,1-3H3,(H-,39,40,41,42)/p+1. The number of thioether (sulfide) groups is 1. The molecule has 3 aromatic rings. The average Bonchev–Trinajstić information content (AvgIpc) is 3.57. The Kier molecular flexibility index (Phi) is 8.62. The largest absolute Gasteiger partial charge is 0.481 e. The molecule has 2 aliphatic rings. The van der Waals surface area contributed by atoms with E-state index in [0.29, 0.717) is 18.5 Å². The molecule has 8 heteroatoms. The monoisotopic (exact) mass is 592 g/mol. The molecule has 218 valence electrons. The first-order valence-electron chi connectivity index (χ1n) is 14.3. The number of carboxylic acids is 2. The van der Waals surface area contributed by atoms with Crippen LogP contribution < -0.4 is 4.90 Å². The average molecular weight is 593 g/mol. The first-order chi connectivity index (χ1) is 20.7. The van der Waals surface area contributed by atoms with Crippen LogP contribution in [0.3, 0.4) is 0 Å². The fourth-order valence-electron chi connectivity index (χ4n) is 6.34. The maximum absolute atomic E-state index is 11.9. The van der Waals surface area contributed by atoms with Crippen LogP contribution in [-0.2, 0) is 15.0 Å². The highest BCUT2D eigenvalue weighted by molar-refractivity contribution is 8.14. The molecule has 0 saturated heterocycles. The molecule has 0 fully saturated rings. The lowest BCUT2D eigenvalue weighted by molar-refractivity contribution is -0.516. The molecule has 0 radical (unpaired) electrons. The van der Waals surface area contributed by atoms with E-state index in [1.807, 2.05) is 48.8 Å². The van der Waals surface area contributed by atoms with Crippen LogP contribution in [0, 0.1) is 23.2 Å². The highest BCUT2D eigenvalue weighted by Crippen LogP contribution is 2.56. The van der Waals surface area contributed by atoms with Crippen LogP contribution in [0.4, 0.5) is 5.69 Å². The van der Waals surface area contributed by atoms with Gasteiger partial charge in [0.05, 0.1) is 29.5 Å². The second-order valence-corrected chi connectivity index (χ2v) is 12.1. The highest BCUT2D eigenvalue weighted by Gasteiger charge is 2.46. The van der Waals surface area contributed by atoms with E-state index in [2.05, 4.69) is 54.0 Å². The summed E-state index contributed by atoms with van der Waals surface area (Å²) in [6.07, 6.45) is 2.35. The Morgan fingerprint density at radius 2 is 1.67 bits per heavy atom. The molecule has 0 bridgehead atoms. The summed E-state index contributed by atoms with van der Waals surface area (Å²) in [4.78, 5) is 25.3. The van der Waals surface area contributed by atoms with E-state index < -0.39 is 17.4 Å². The number of carbonyl (C=O) groups is 2. The first-order valence-corrected chi connectivity index (χ1v) is 15.3. The van der Waals surface area contributed by atoms with Crippen LogP contribution in [0.2, 0.25) is 0 Å². The van der Waals surface area contributed by atoms with Crippen LogP contribution in [0.15, 0.2) is 71.5 Å². The fraction of sp³-hybridized carbons (Fsp3) is 0.314. The molecule has 0 spiro atoms. The molecular weight excluding hydrogens is 558 g/mol. The Morgan fingerprint density at radius 3 is 2.30 bits per heavy atom. The van der Waals surface area contributed by atoms with Gasteiger partial charge in [-0.25, -0.2) is 4.58 Å². The van der Waals surface area contributed by atoms with Crippen molar-refractivity contribution in [2.45, 2.75) is 45.4 Å². The summed E-state index contributed by atoms with van der Waals surface area (Å²) >= 11 is 1.63. The number of nitrogens with zero attached hydrogens (tertiary/aromatic N) is 3. The van der Waals surface area contributed by atoms with Gasteiger partial charge in [0.25, 0.3) is 0 Å². The maximum atomic E-state index is 11.9. The van der Waals surface area contributed by atoms with Crippen LogP contribution >= 0.6 is 11.8 Å². The van der Waals surface area contributed by atoms with Gasteiger partial charge in [0.1, 0.15) is 6.42 Å². The maximum Gasteiger partial charge on any atom is 0.309 e. The SMILES string of the molecule is CC#CCC1(C)/C(=C\C(C#N)=C(C)C2=[N+](CCC(=O)O)CCS2)N(CCC(=O)O)c2c1c1ccccc1c1ccccc21. The number of rotatable bonds is 9. The third-order valence-electron chi connectivity index (χ3n) is 8.36. The number of hydrogen-bond donors (Lipinski definition) is 2. The molecule has 5 rings (SSSR count). The molecule has 0 amide bonds. The molecule has 0 saturated carbocycles. The lowest BCUT2D eigenvalue weighted by Crippen LogP contribution is -2.30. The highest BCUT2D eigenvalue weighted by atomic mass is 32.2. The van der Waals surface area contributed by atoms with Crippen molar-refractivity contribution in [2.75, 3.05) is 30.3 Å². The molecular formula is C35H34N3O4S+. The number of aliphatic carboxylic acids is 2. The Hall–Kier alpha value is -4.53. The van der Waals surface area contributed by atoms with Gasteiger partial charge in [-0.15, -0.1) is 11.8 Å². The lowest BCUT2D eigenvalue weighted by atomic mass is 9.75. The van der Waals surface area contributed by atoms with E-state index >= 15 is 0 Å². The minimum absolute atomic E-state index is 0.0203. The number of carboxylic acid groups (broad SMARTS) is 2. The van der Waals surface area contributed by atoms with E-state index in [1.165, 1.54) is 0 Å². The summed E-state index contributed by atoms with van der Waals surface area (Å²) in [7, 11) is 0. The molecule has 0 aromatic heterocycles. The summed E-state index contributed by atoms with van der Waals surface area (Å²) in [6.45, 7) is 7.20.